The van der Waals surface area contributed by atoms with E-state index in [9.17, 15) is 0 Å². The molecule has 4 bridgehead atoms. The second-order valence-electron chi connectivity index (χ2n) is 10.7. The third kappa shape index (κ3) is 3.27. The first kappa shape index (κ1) is 19.7. The first-order valence-corrected chi connectivity index (χ1v) is 15.3. The van der Waals surface area contributed by atoms with Gasteiger partial charge in [0.2, 0.25) is 0 Å². The van der Waals surface area contributed by atoms with Gasteiger partial charge in [-0.15, -0.1) is 0 Å². The van der Waals surface area contributed by atoms with Crippen LogP contribution in [-0.4, -0.2) is 33.6 Å². The maximum Gasteiger partial charge on any atom is 0.185 e. The highest BCUT2D eigenvalue weighted by atomic mass is 32.1. The lowest BCUT2D eigenvalue weighted by Crippen LogP contribution is -2.71. The summed E-state index contributed by atoms with van der Waals surface area (Å²) in [6.07, 6.45) is 16.5. The van der Waals surface area contributed by atoms with Gasteiger partial charge in [-0.2, -0.15) is 0 Å². The van der Waals surface area contributed by atoms with E-state index in [-0.39, 0.29) is 18.3 Å². The van der Waals surface area contributed by atoms with Crippen LogP contribution in [0.3, 0.4) is 0 Å². The van der Waals surface area contributed by atoms with Crippen molar-refractivity contribution in [2.24, 2.45) is 0 Å². The van der Waals surface area contributed by atoms with Crippen LogP contribution in [0.2, 0.25) is 0 Å². The highest BCUT2D eigenvalue weighted by Gasteiger charge is 2.78. The smallest absolute Gasteiger partial charge is 0.185 e. The standard InChI is InChI=1S/C22H38O3P2/c1-19-15-21(3)25-20(2,23-19)16-22(4,24-19)27(21)26(17-11-7-5-8-12-17)18-13-9-6-10-14-18/h17-18H,5-16H2,1-4H3/p+1/t19-,20-,21+,22+/m0/s1. The number of hydrogen-bond donors (Lipinski definition) is 0. The van der Waals surface area contributed by atoms with E-state index in [1.165, 1.54) is 64.2 Å². The third-order valence-electron chi connectivity index (χ3n) is 7.83. The normalized spacial score (nSPS) is 51.2. The molecule has 4 heterocycles. The summed E-state index contributed by atoms with van der Waals surface area (Å²) in [5.74, 6) is -0.883. The molecule has 6 aliphatic rings. The second-order valence-corrected chi connectivity index (χ2v) is 18.7. The summed E-state index contributed by atoms with van der Waals surface area (Å²) < 4.78 is 20.1. The van der Waals surface area contributed by atoms with E-state index in [2.05, 4.69) is 27.7 Å². The Balaban J connectivity index is 1.54. The molecule has 4 atom stereocenters. The van der Waals surface area contributed by atoms with E-state index in [1.807, 2.05) is 0 Å². The van der Waals surface area contributed by atoms with Crippen LogP contribution in [0.5, 0.6) is 0 Å². The molecule has 0 unspecified atom stereocenters. The molecule has 3 nitrogen and oxygen atoms in total. The van der Waals surface area contributed by atoms with E-state index in [4.69, 9.17) is 14.2 Å². The van der Waals surface area contributed by atoms with Gasteiger partial charge in [0.25, 0.3) is 0 Å². The van der Waals surface area contributed by atoms with Gasteiger partial charge in [-0.3, -0.25) is 0 Å². The van der Waals surface area contributed by atoms with Crippen LogP contribution >= 0.6 is 15.2 Å². The predicted molar refractivity (Wildman–Crippen MR) is 115 cm³/mol. The lowest BCUT2D eigenvalue weighted by atomic mass is 9.98. The monoisotopic (exact) mass is 413 g/mol. The summed E-state index contributed by atoms with van der Waals surface area (Å²) in [6, 6.07) is 0. The van der Waals surface area contributed by atoms with Crippen molar-refractivity contribution in [3.05, 3.63) is 0 Å². The zero-order valence-corrected chi connectivity index (χ0v) is 19.7. The molecule has 0 spiro atoms. The predicted octanol–water partition coefficient (Wildman–Crippen LogP) is 7.00. The molecule has 154 valence electrons. The number of ether oxygens (including phenoxy) is 3. The topological polar surface area (TPSA) is 27.7 Å². The Kier molecular flexibility index (Phi) is 4.83. The van der Waals surface area contributed by atoms with Crippen molar-refractivity contribution < 1.29 is 14.2 Å². The van der Waals surface area contributed by atoms with E-state index < -0.39 is 19.2 Å². The number of rotatable bonds is 3. The third-order valence-corrected chi connectivity index (χ3v) is 20.1. The summed E-state index contributed by atoms with van der Waals surface area (Å²) in [5.41, 5.74) is 1.95. The average molecular weight is 413 g/mol. The van der Waals surface area contributed by atoms with Crippen LogP contribution < -0.4 is 0 Å². The summed E-state index contributed by atoms with van der Waals surface area (Å²) in [5, 5.41) is 0.0243. The molecule has 6 fully saturated rings. The molecule has 5 heteroatoms. The van der Waals surface area contributed by atoms with Gasteiger partial charge in [0.1, 0.15) is 0 Å². The minimum atomic E-state index is -0.799. The molecule has 4 saturated heterocycles. The fraction of sp³-hybridized carbons (Fsp3) is 1.00. The van der Waals surface area contributed by atoms with E-state index >= 15 is 0 Å². The van der Waals surface area contributed by atoms with Crippen molar-refractivity contribution in [3.8, 4) is 0 Å². The largest absolute Gasteiger partial charge is 0.318 e. The summed E-state index contributed by atoms with van der Waals surface area (Å²) in [7, 11) is -0.791. The van der Waals surface area contributed by atoms with Crippen molar-refractivity contribution in [2.75, 3.05) is 0 Å². The Hall–Kier alpha value is 0.740. The molecule has 0 N–H and O–H groups in total. The highest BCUT2D eigenvalue weighted by molar-refractivity contribution is 8.31. The maximum absolute atomic E-state index is 6.86. The Labute approximate surface area is 168 Å². The van der Waals surface area contributed by atoms with Crippen LogP contribution in [0.15, 0.2) is 0 Å². The Bertz CT molecular complexity index is 522. The molecule has 0 amide bonds. The Morgan fingerprint density at radius 1 is 0.630 bits per heavy atom. The molecule has 0 aromatic heterocycles. The lowest BCUT2D eigenvalue weighted by Gasteiger charge is -2.67. The van der Waals surface area contributed by atoms with Gasteiger partial charge in [0, 0.05) is 25.2 Å². The zero-order chi connectivity index (χ0) is 18.9. The summed E-state index contributed by atoms with van der Waals surface area (Å²) >= 11 is 0. The van der Waals surface area contributed by atoms with Crippen LogP contribution in [0.4, 0.5) is 0 Å². The molecule has 0 aromatic carbocycles. The van der Waals surface area contributed by atoms with E-state index in [0.29, 0.717) is 0 Å². The van der Waals surface area contributed by atoms with Gasteiger partial charge >= 0.3 is 0 Å². The lowest BCUT2D eigenvalue weighted by molar-refractivity contribution is -0.467. The quantitative estimate of drug-likeness (QED) is 0.466. The van der Waals surface area contributed by atoms with Crippen LogP contribution in [0.25, 0.3) is 0 Å². The highest BCUT2D eigenvalue weighted by Crippen LogP contribution is 2.92. The van der Waals surface area contributed by atoms with Gasteiger partial charge in [-0.1, -0.05) is 38.5 Å². The molecule has 27 heavy (non-hydrogen) atoms. The molecular weight excluding hydrogens is 374 g/mol. The van der Waals surface area contributed by atoms with E-state index in [1.54, 1.807) is 0 Å². The number of hydrogen-bond acceptors (Lipinski definition) is 3. The average Bonchev–Trinajstić information content (AvgIpc) is 2.56. The molecule has 6 rings (SSSR count). The Morgan fingerprint density at radius 2 is 1.04 bits per heavy atom. The van der Waals surface area contributed by atoms with Crippen LogP contribution in [0, 0.1) is 0 Å². The van der Waals surface area contributed by atoms with Crippen molar-refractivity contribution in [1.82, 2.24) is 0 Å². The SMILES string of the molecule is C[C@@]12C[C@]3(C)O[C@@](C)(C[C@](C)(O1)[PH+]3P(C1CCCCC1)C1CCCCC1)O2. The van der Waals surface area contributed by atoms with Gasteiger partial charge in [-0.25, -0.2) is 0 Å². The summed E-state index contributed by atoms with van der Waals surface area (Å²) in [6.45, 7) is 9.26. The van der Waals surface area contributed by atoms with Crippen molar-refractivity contribution in [1.29, 1.82) is 0 Å². The van der Waals surface area contributed by atoms with E-state index in [0.717, 1.165) is 24.2 Å². The first-order valence-electron chi connectivity index (χ1n) is 11.5. The van der Waals surface area contributed by atoms with Gasteiger partial charge in [-0.05, 0) is 39.5 Å². The first-order chi connectivity index (χ1) is 12.7. The summed E-state index contributed by atoms with van der Waals surface area (Å²) in [4.78, 5) is 0. The minimum Gasteiger partial charge on any atom is -0.318 e. The fourth-order valence-corrected chi connectivity index (χ4v) is 22.4. The van der Waals surface area contributed by atoms with Crippen LogP contribution in [0.1, 0.15) is 105 Å². The van der Waals surface area contributed by atoms with Crippen molar-refractivity contribution in [2.45, 2.75) is 138 Å². The van der Waals surface area contributed by atoms with Crippen LogP contribution in [-0.2, 0) is 14.2 Å². The maximum atomic E-state index is 6.86. The van der Waals surface area contributed by atoms with Gasteiger partial charge < -0.3 is 14.2 Å². The molecule has 2 saturated carbocycles. The molecule has 4 aliphatic heterocycles. The molecular formula is C22H39O3P2+. The fourth-order valence-electron chi connectivity index (χ4n) is 7.64. The Morgan fingerprint density at radius 3 is 1.44 bits per heavy atom. The van der Waals surface area contributed by atoms with Gasteiger partial charge in [0.15, 0.2) is 22.3 Å². The minimum absolute atomic E-state index is 0.00741. The molecule has 0 radical (unpaired) electrons. The molecule has 2 aliphatic carbocycles. The van der Waals surface area contributed by atoms with Gasteiger partial charge in [0.05, 0.1) is 28.1 Å². The molecule has 0 aromatic rings. The zero-order valence-electron chi connectivity index (χ0n) is 17.8. The second kappa shape index (κ2) is 6.62. The van der Waals surface area contributed by atoms with Crippen molar-refractivity contribution in [3.63, 3.8) is 0 Å². The van der Waals surface area contributed by atoms with Crippen molar-refractivity contribution >= 4 is 15.2 Å².